The monoisotopic (exact) mass is 508 g/mol. The van der Waals surface area contributed by atoms with Gasteiger partial charge >= 0.3 is 23.6 Å². The van der Waals surface area contributed by atoms with Gasteiger partial charge in [-0.15, -0.1) is 0 Å². The van der Waals surface area contributed by atoms with Crippen LogP contribution in [0.4, 0.5) is 0 Å². The molecule has 4 atom stereocenters. The minimum Gasteiger partial charge on any atom is -0.459 e. The van der Waals surface area contributed by atoms with Crippen molar-refractivity contribution in [3.05, 3.63) is 104 Å². The number of hydrogen-bond acceptors (Lipinski definition) is 9. The van der Waals surface area contributed by atoms with Gasteiger partial charge in [0.05, 0.1) is 11.1 Å². The lowest BCUT2D eigenvalue weighted by molar-refractivity contribution is -0.156. The normalized spacial score (nSPS) is 20.7. The van der Waals surface area contributed by atoms with E-state index in [4.69, 9.17) is 18.9 Å². The molecule has 192 valence electrons. The Morgan fingerprint density at radius 2 is 1.49 bits per heavy atom. The fourth-order valence-corrected chi connectivity index (χ4v) is 3.88. The van der Waals surface area contributed by atoms with Gasteiger partial charge in [0.25, 0.3) is 5.56 Å². The topological polar surface area (TPSA) is 143 Å². The molecule has 2 aromatic carbocycles. The molecule has 0 saturated carbocycles. The summed E-state index contributed by atoms with van der Waals surface area (Å²) in [6.07, 6.45) is -3.72. The van der Waals surface area contributed by atoms with E-state index in [-0.39, 0.29) is 17.7 Å². The first-order valence-electron chi connectivity index (χ1n) is 11.4. The number of benzene rings is 2. The van der Waals surface area contributed by atoms with Crippen LogP contribution in [0.1, 0.15) is 39.4 Å². The molecule has 4 rings (SSSR count). The van der Waals surface area contributed by atoms with Gasteiger partial charge in [-0.2, -0.15) is 0 Å². The van der Waals surface area contributed by atoms with Gasteiger partial charge in [-0.1, -0.05) is 36.4 Å². The van der Waals surface area contributed by atoms with Gasteiger partial charge in [-0.3, -0.25) is 19.1 Å². The molecule has 11 nitrogen and oxygen atoms in total. The first-order valence-corrected chi connectivity index (χ1v) is 11.4. The lowest BCUT2D eigenvalue weighted by Crippen LogP contribution is -2.43. The Kier molecular flexibility index (Phi) is 7.63. The largest absolute Gasteiger partial charge is 0.459 e. The minimum absolute atomic E-state index is 0.196. The average Bonchev–Trinajstić information content (AvgIpc) is 3.21. The van der Waals surface area contributed by atoms with Crippen molar-refractivity contribution in [2.75, 3.05) is 6.61 Å². The Morgan fingerprint density at radius 1 is 0.892 bits per heavy atom. The second-order valence-electron chi connectivity index (χ2n) is 8.32. The molecule has 1 aliphatic heterocycles. The summed E-state index contributed by atoms with van der Waals surface area (Å²) in [6, 6.07) is 16.3. The molecular formula is C26H24N2O9. The highest BCUT2D eigenvalue weighted by atomic mass is 16.7. The van der Waals surface area contributed by atoms with Crippen molar-refractivity contribution < 1.29 is 33.3 Å². The molecule has 0 radical (unpaired) electrons. The third kappa shape index (κ3) is 5.84. The molecule has 1 aromatic heterocycles. The number of ether oxygens (including phenoxy) is 4. The highest BCUT2D eigenvalue weighted by Crippen LogP contribution is 2.34. The molecule has 1 aliphatic rings. The highest BCUT2D eigenvalue weighted by molar-refractivity contribution is 5.90. The van der Waals surface area contributed by atoms with Crippen LogP contribution in [0, 0.1) is 6.92 Å². The fourth-order valence-electron chi connectivity index (χ4n) is 3.88. The van der Waals surface area contributed by atoms with E-state index in [1.807, 2.05) is 0 Å². The van der Waals surface area contributed by atoms with E-state index in [0.717, 1.165) is 11.5 Å². The van der Waals surface area contributed by atoms with Crippen LogP contribution in [0.2, 0.25) is 0 Å². The molecule has 0 spiro atoms. The molecule has 1 N–H and O–H groups in total. The van der Waals surface area contributed by atoms with E-state index >= 15 is 0 Å². The first-order chi connectivity index (χ1) is 17.7. The lowest BCUT2D eigenvalue weighted by atomic mass is 10.1. The third-order valence-corrected chi connectivity index (χ3v) is 5.65. The van der Waals surface area contributed by atoms with Crippen LogP contribution in [0.3, 0.4) is 0 Å². The number of aryl methyl sites for hydroxylation is 1. The maximum absolute atomic E-state index is 12.9. The van der Waals surface area contributed by atoms with Crippen molar-refractivity contribution in [2.24, 2.45) is 0 Å². The van der Waals surface area contributed by atoms with E-state index < -0.39 is 53.7 Å². The maximum Gasteiger partial charge on any atom is 0.338 e. The molecule has 37 heavy (non-hydrogen) atoms. The Labute approximate surface area is 210 Å². The quantitative estimate of drug-likeness (QED) is 0.373. The van der Waals surface area contributed by atoms with Crippen LogP contribution >= 0.6 is 0 Å². The first kappa shape index (κ1) is 25.6. The molecular weight excluding hydrogens is 484 g/mol. The highest BCUT2D eigenvalue weighted by Gasteiger charge is 2.51. The summed E-state index contributed by atoms with van der Waals surface area (Å²) in [6.45, 7) is 2.25. The van der Waals surface area contributed by atoms with Crippen LogP contribution in [-0.4, -0.2) is 52.4 Å². The number of hydrogen-bond donors (Lipinski definition) is 1. The summed E-state index contributed by atoms with van der Waals surface area (Å²) in [4.78, 5) is 64.1. The van der Waals surface area contributed by atoms with E-state index in [1.54, 1.807) is 48.5 Å². The molecule has 11 heteroatoms. The van der Waals surface area contributed by atoms with Crippen molar-refractivity contribution in [3.8, 4) is 0 Å². The van der Waals surface area contributed by atoms with Gasteiger partial charge in [0.2, 0.25) is 0 Å². The second kappa shape index (κ2) is 11.0. The SMILES string of the molecule is CC(=O)O[C@H]1[C@H](OC(=O)c2ccccc2)[C@H](COC(=O)c2ccccc2)O[C@@H]1n1cc(C)c(=O)[nH]c1=O. The number of nitrogens with one attached hydrogen (secondary N) is 1. The van der Waals surface area contributed by atoms with E-state index in [1.165, 1.54) is 25.3 Å². The van der Waals surface area contributed by atoms with Gasteiger partial charge in [-0.05, 0) is 31.2 Å². The van der Waals surface area contributed by atoms with Crippen LogP contribution in [0.5, 0.6) is 0 Å². The van der Waals surface area contributed by atoms with Crippen LogP contribution in [0.25, 0.3) is 0 Å². The van der Waals surface area contributed by atoms with E-state index in [9.17, 15) is 24.0 Å². The van der Waals surface area contributed by atoms with Crippen LogP contribution in [-0.2, 0) is 23.7 Å². The van der Waals surface area contributed by atoms with Gasteiger partial charge in [0.15, 0.2) is 18.4 Å². The zero-order valence-corrected chi connectivity index (χ0v) is 20.0. The van der Waals surface area contributed by atoms with Crippen molar-refractivity contribution in [1.29, 1.82) is 0 Å². The minimum atomic E-state index is -1.30. The second-order valence-corrected chi connectivity index (χ2v) is 8.32. The molecule has 1 fully saturated rings. The van der Waals surface area contributed by atoms with Crippen LogP contribution in [0.15, 0.2) is 76.4 Å². The fraction of sp³-hybridized carbons (Fsp3) is 0.269. The molecule has 0 amide bonds. The van der Waals surface area contributed by atoms with Gasteiger partial charge in [0, 0.05) is 18.7 Å². The number of nitrogens with zero attached hydrogens (tertiary/aromatic N) is 1. The van der Waals surface area contributed by atoms with Crippen molar-refractivity contribution >= 4 is 17.9 Å². The number of rotatable bonds is 7. The lowest BCUT2D eigenvalue weighted by Gasteiger charge is -2.24. The number of carbonyl (C=O) groups is 3. The number of aromatic amines is 1. The number of carbonyl (C=O) groups excluding carboxylic acids is 3. The van der Waals surface area contributed by atoms with Gasteiger partial charge in [0.1, 0.15) is 12.7 Å². The molecule has 2 heterocycles. The Hall–Kier alpha value is -4.51. The van der Waals surface area contributed by atoms with Crippen molar-refractivity contribution in [3.63, 3.8) is 0 Å². The third-order valence-electron chi connectivity index (χ3n) is 5.65. The average molecular weight is 508 g/mol. The molecule has 0 bridgehead atoms. The summed E-state index contributed by atoms with van der Waals surface area (Å²) < 4.78 is 23.5. The Balaban J connectivity index is 1.68. The molecule has 0 aliphatic carbocycles. The number of H-pyrrole nitrogens is 1. The summed E-state index contributed by atoms with van der Waals surface area (Å²) in [5, 5.41) is 0. The zero-order valence-electron chi connectivity index (χ0n) is 20.0. The van der Waals surface area contributed by atoms with Crippen LogP contribution < -0.4 is 11.2 Å². The molecule has 0 unspecified atom stereocenters. The summed E-state index contributed by atoms with van der Waals surface area (Å²) in [5.41, 5.74) is -0.707. The summed E-state index contributed by atoms with van der Waals surface area (Å²) >= 11 is 0. The predicted molar refractivity (Wildman–Crippen MR) is 128 cm³/mol. The van der Waals surface area contributed by atoms with Gasteiger partial charge < -0.3 is 18.9 Å². The molecule has 1 saturated heterocycles. The summed E-state index contributed by atoms with van der Waals surface area (Å²) in [5.74, 6) is -2.12. The zero-order chi connectivity index (χ0) is 26.5. The van der Waals surface area contributed by atoms with Crippen molar-refractivity contribution in [1.82, 2.24) is 9.55 Å². The molecule has 3 aromatic rings. The van der Waals surface area contributed by atoms with E-state index in [0.29, 0.717) is 5.56 Å². The maximum atomic E-state index is 12.9. The standard InChI is InChI=1S/C26H24N2O9/c1-15-13-28(26(33)27-22(15)30)23-21(35-16(2)29)20(37-25(32)18-11-7-4-8-12-18)19(36-23)14-34-24(31)17-9-5-3-6-10-17/h3-13,19-21,23H,14H2,1-2H3,(H,27,30,33)/t19-,20+,21-,23-/m0/s1. The number of aromatic nitrogens is 2. The smallest absolute Gasteiger partial charge is 0.338 e. The predicted octanol–water partition coefficient (Wildman–Crippen LogP) is 1.76. The Morgan fingerprint density at radius 3 is 2.08 bits per heavy atom. The van der Waals surface area contributed by atoms with Crippen molar-refractivity contribution in [2.45, 2.75) is 38.4 Å². The van der Waals surface area contributed by atoms with E-state index in [2.05, 4.69) is 4.98 Å². The van der Waals surface area contributed by atoms with Gasteiger partial charge in [-0.25, -0.2) is 14.4 Å². The summed E-state index contributed by atoms with van der Waals surface area (Å²) in [7, 11) is 0. The number of esters is 3. The Bertz CT molecular complexity index is 1400.